The van der Waals surface area contributed by atoms with E-state index in [1.165, 1.54) is 16.7 Å². The summed E-state index contributed by atoms with van der Waals surface area (Å²) >= 11 is 1.29. The number of hydrogen-bond donors (Lipinski definition) is 1. The number of carbonyl (C=O) groups is 1. The second-order valence-electron chi connectivity index (χ2n) is 3.92. The molecule has 2 rings (SSSR count). The van der Waals surface area contributed by atoms with Crippen molar-refractivity contribution >= 4 is 17.3 Å². The predicted molar refractivity (Wildman–Crippen MR) is 69.3 cm³/mol. The van der Waals surface area contributed by atoms with Crippen LogP contribution in [0, 0.1) is 13.8 Å². The number of aryl methyl sites for hydroxylation is 1. The zero-order valence-electron chi connectivity index (χ0n) is 10.1. The second kappa shape index (κ2) is 5.18. The molecule has 1 heterocycles. The average Bonchev–Trinajstić information content (AvgIpc) is 2.80. The van der Waals surface area contributed by atoms with Crippen molar-refractivity contribution in [3.05, 3.63) is 45.4 Å². The third kappa shape index (κ3) is 2.68. The summed E-state index contributed by atoms with van der Waals surface area (Å²) in [6.45, 7) is 4.31. The van der Waals surface area contributed by atoms with Crippen molar-refractivity contribution in [2.24, 2.45) is 0 Å². The van der Waals surface area contributed by atoms with Crippen LogP contribution >= 0.6 is 11.3 Å². The van der Waals surface area contributed by atoms with E-state index in [1.807, 2.05) is 32.0 Å². The van der Waals surface area contributed by atoms with Gasteiger partial charge in [-0.3, -0.25) is 0 Å². The predicted octanol–water partition coefficient (Wildman–Crippen LogP) is 3.04. The lowest BCUT2D eigenvalue weighted by Crippen LogP contribution is -2.00. The lowest BCUT2D eigenvalue weighted by Gasteiger charge is -2.09. The largest absolute Gasteiger partial charge is 0.486 e. The first-order valence-electron chi connectivity index (χ1n) is 5.44. The van der Waals surface area contributed by atoms with Gasteiger partial charge < -0.3 is 9.84 Å². The van der Waals surface area contributed by atoms with Crippen molar-refractivity contribution in [3.63, 3.8) is 0 Å². The number of aromatic nitrogens is 1. The van der Waals surface area contributed by atoms with E-state index in [1.54, 1.807) is 0 Å². The molecule has 18 heavy (non-hydrogen) atoms. The van der Waals surface area contributed by atoms with Gasteiger partial charge in [-0.05, 0) is 31.0 Å². The number of nitrogens with zero attached hydrogens (tertiary/aromatic N) is 1. The summed E-state index contributed by atoms with van der Waals surface area (Å²) in [5, 5.41) is 10.9. The topological polar surface area (TPSA) is 59.4 Å². The summed E-state index contributed by atoms with van der Waals surface area (Å²) in [7, 11) is 0. The average molecular weight is 263 g/mol. The molecule has 1 N–H and O–H groups in total. The van der Waals surface area contributed by atoms with Crippen molar-refractivity contribution in [2.45, 2.75) is 20.5 Å². The smallest absolute Gasteiger partial charge is 0.355 e. The molecule has 0 saturated heterocycles. The maximum absolute atomic E-state index is 10.7. The molecule has 0 saturated carbocycles. The molecule has 0 amide bonds. The Kier molecular flexibility index (Phi) is 3.62. The fourth-order valence-electron chi connectivity index (χ4n) is 1.50. The lowest BCUT2D eigenvalue weighted by molar-refractivity contribution is 0.0691. The Morgan fingerprint density at radius 1 is 1.44 bits per heavy atom. The maximum Gasteiger partial charge on any atom is 0.355 e. The maximum atomic E-state index is 10.7. The Labute approximate surface area is 109 Å². The van der Waals surface area contributed by atoms with Gasteiger partial charge in [0.05, 0.1) is 0 Å². The SMILES string of the molecule is Cc1cccc(OCc2nc(C(=O)O)cs2)c1C. The Morgan fingerprint density at radius 2 is 2.22 bits per heavy atom. The van der Waals surface area contributed by atoms with E-state index >= 15 is 0 Å². The van der Waals surface area contributed by atoms with Gasteiger partial charge in [0.1, 0.15) is 17.4 Å². The van der Waals surface area contributed by atoms with E-state index in [9.17, 15) is 4.79 Å². The van der Waals surface area contributed by atoms with Crippen molar-refractivity contribution in [2.75, 3.05) is 0 Å². The third-order valence-electron chi connectivity index (χ3n) is 2.68. The molecule has 2 aromatic rings. The third-order valence-corrected chi connectivity index (χ3v) is 3.50. The molecule has 0 aliphatic rings. The number of hydrogen-bond acceptors (Lipinski definition) is 4. The monoisotopic (exact) mass is 263 g/mol. The number of ether oxygens (including phenoxy) is 1. The first-order valence-corrected chi connectivity index (χ1v) is 6.32. The Bertz CT molecular complexity index is 577. The molecule has 0 atom stereocenters. The molecule has 94 valence electrons. The first kappa shape index (κ1) is 12.6. The van der Waals surface area contributed by atoms with Crippen LogP contribution in [0.3, 0.4) is 0 Å². The van der Waals surface area contributed by atoms with Crippen LogP contribution in [0.1, 0.15) is 26.6 Å². The van der Waals surface area contributed by atoms with Gasteiger partial charge in [-0.2, -0.15) is 0 Å². The molecule has 1 aromatic carbocycles. The highest BCUT2D eigenvalue weighted by Gasteiger charge is 2.09. The van der Waals surface area contributed by atoms with E-state index < -0.39 is 5.97 Å². The van der Waals surface area contributed by atoms with Crippen LogP contribution < -0.4 is 4.74 Å². The van der Waals surface area contributed by atoms with Crippen LogP contribution in [0.4, 0.5) is 0 Å². The summed E-state index contributed by atoms with van der Waals surface area (Å²) < 4.78 is 5.65. The van der Waals surface area contributed by atoms with Gasteiger partial charge >= 0.3 is 5.97 Å². The number of carboxylic acid groups (broad SMARTS) is 1. The van der Waals surface area contributed by atoms with Gasteiger partial charge in [0.15, 0.2) is 5.69 Å². The van der Waals surface area contributed by atoms with Gasteiger partial charge in [0.2, 0.25) is 0 Å². The Morgan fingerprint density at radius 3 is 2.89 bits per heavy atom. The zero-order valence-corrected chi connectivity index (χ0v) is 11.0. The molecule has 5 heteroatoms. The van der Waals surface area contributed by atoms with Gasteiger partial charge in [0, 0.05) is 5.38 Å². The number of carboxylic acids is 1. The molecule has 0 fully saturated rings. The molecular weight excluding hydrogens is 250 g/mol. The zero-order chi connectivity index (χ0) is 13.1. The highest BCUT2D eigenvalue weighted by molar-refractivity contribution is 7.09. The molecule has 0 aliphatic heterocycles. The minimum Gasteiger partial charge on any atom is -0.486 e. The van der Waals surface area contributed by atoms with Gasteiger partial charge in [-0.25, -0.2) is 9.78 Å². The minimum atomic E-state index is -1.01. The highest BCUT2D eigenvalue weighted by Crippen LogP contribution is 2.22. The van der Waals surface area contributed by atoms with Crippen LogP contribution in [0.15, 0.2) is 23.6 Å². The van der Waals surface area contributed by atoms with Crippen LogP contribution in [0.25, 0.3) is 0 Å². The summed E-state index contributed by atoms with van der Waals surface area (Å²) in [6.07, 6.45) is 0. The number of thiazole rings is 1. The molecule has 0 unspecified atom stereocenters. The standard InChI is InChI=1S/C13H13NO3S/c1-8-4-3-5-11(9(8)2)17-6-12-14-10(7-18-12)13(15)16/h3-5,7H,6H2,1-2H3,(H,15,16). The summed E-state index contributed by atoms with van der Waals surface area (Å²) in [4.78, 5) is 14.7. The summed E-state index contributed by atoms with van der Waals surface area (Å²) in [5.41, 5.74) is 2.32. The fraction of sp³-hybridized carbons (Fsp3) is 0.231. The van der Waals surface area contributed by atoms with E-state index in [-0.39, 0.29) is 5.69 Å². The van der Waals surface area contributed by atoms with E-state index in [2.05, 4.69) is 4.98 Å². The molecule has 0 bridgehead atoms. The second-order valence-corrected chi connectivity index (χ2v) is 4.86. The number of benzene rings is 1. The van der Waals surface area contributed by atoms with E-state index in [4.69, 9.17) is 9.84 Å². The number of aromatic carboxylic acids is 1. The Balaban J connectivity index is 2.07. The van der Waals surface area contributed by atoms with Gasteiger partial charge in [-0.15, -0.1) is 11.3 Å². The highest BCUT2D eigenvalue weighted by atomic mass is 32.1. The lowest BCUT2D eigenvalue weighted by atomic mass is 10.1. The number of rotatable bonds is 4. The molecule has 1 aromatic heterocycles. The molecule has 0 aliphatic carbocycles. The van der Waals surface area contributed by atoms with Gasteiger partial charge in [0.25, 0.3) is 0 Å². The van der Waals surface area contributed by atoms with Crippen LogP contribution in [0.2, 0.25) is 0 Å². The molecule has 4 nitrogen and oxygen atoms in total. The van der Waals surface area contributed by atoms with Crippen molar-refractivity contribution in [1.82, 2.24) is 4.98 Å². The molecule has 0 radical (unpaired) electrons. The van der Waals surface area contributed by atoms with Crippen LogP contribution in [0.5, 0.6) is 5.75 Å². The van der Waals surface area contributed by atoms with Crippen LogP contribution in [-0.4, -0.2) is 16.1 Å². The van der Waals surface area contributed by atoms with Crippen molar-refractivity contribution in [1.29, 1.82) is 0 Å². The van der Waals surface area contributed by atoms with E-state index in [0.29, 0.717) is 11.6 Å². The molecular formula is C13H13NO3S. The minimum absolute atomic E-state index is 0.0690. The normalized spacial score (nSPS) is 10.3. The first-order chi connectivity index (χ1) is 8.58. The van der Waals surface area contributed by atoms with Gasteiger partial charge in [-0.1, -0.05) is 12.1 Å². The quantitative estimate of drug-likeness (QED) is 0.921. The van der Waals surface area contributed by atoms with Crippen molar-refractivity contribution < 1.29 is 14.6 Å². The molecule has 0 spiro atoms. The van der Waals surface area contributed by atoms with Crippen LogP contribution in [-0.2, 0) is 6.61 Å². The van der Waals surface area contributed by atoms with Crippen molar-refractivity contribution in [3.8, 4) is 5.75 Å². The summed E-state index contributed by atoms with van der Waals surface area (Å²) in [6, 6.07) is 5.85. The fourth-order valence-corrected chi connectivity index (χ4v) is 2.17. The Hall–Kier alpha value is -1.88. The summed E-state index contributed by atoms with van der Waals surface area (Å²) in [5.74, 6) is -0.202. The van der Waals surface area contributed by atoms with E-state index in [0.717, 1.165) is 16.9 Å².